The second kappa shape index (κ2) is 7.95. The highest BCUT2D eigenvalue weighted by molar-refractivity contribution is 5.76. The molecule has 3 rings (SSSR count). The van der Waals surface area contributed by atoms with Gasteiger partial charge < -0.3 is 10.4 Å². The summed E-state index contributed by atoms with van der Waals surface area (Å²) in [5.41, 5.74) is 1.16. The summed E-state index contributed by atoms with van der Waals surface area (Å²) < 4.78 is 1.15. The molecular weight excluding hydrogens is 334 g/mol. The van der Waals surface area contributed by atoms with Crippen LogP contribution in [0.3, 0.4) is 0 Å². The monoisotopic (exact) mass is 355 g/mol. The van der Waals surface area contributed by atoms with Crippen LogP contribution in [0.1, 0.15) is 25.7 Å². The second-order valence-electron chi connectivity index (χ2n) is 6.53. The van der Waals surface area contributed by atoms with Crippen LogP contribution < -0.4 is 10.9 Å². The normalized spacial score (nSPS) is 19.7. The lowest BCUT2D eigenvalue weighted by Gasteiger charge is -2.26. The summed E-state index contributed by atoms with van der Waals surface area (Å²) in [5, 5.41) is 16.2. The first-order valence-electron chi connectivity index (χ1n) is 8.68. The highest BCUT2D eigenvalue weighted by Gasteiger charge is 2.26. The highest BCUT2D eigenvalue weighted by atomic mass is 16.4. The van der Waals surface area contributed by atoms with Crippen LogP contribution >= 0.6 is 0 Å². The van der Waals surface area contributed by atoms with E-state index in [0.29, 0.717) is 31.4 Å². The number of amides is 1. The molecule has 0 atom stereocenters. The predicted octanol–water partition coefficient (Wildman–Crippen LogP) is 1.67. The summed E-state index contributed by atoms with van der Waals surface area (Å²) in [6, 6.07) is 12.4. The van der Waals surface area contributed by atoms with Gasteiger partial charge in [0.25, 0.3) is 5.56 Å². The zero-order valence-electron chi connectivity index (χ0n) is 14.3. The van der Waals surface area contributed by atoms with Crippen LogP contribution in [0.5, 0.6) is 0 Å². The predicted molar refractivity (Wildman–Crippen MR) is 95.5 cm³/mol. The molecular formula is C19H21N3O4. The SMILES string of the molecule is O=C(Cn1nc(-c2ccccc2)ccc1=O)NC1CCC(C(=O)O)CC1. The van der Waals surface area contributed by atoms with Crippen molar-refractivity contribution in [2.24, 2.45) is 5.92 Å². The summed E-state index contributed by atoms with van der Waals surface area (Å²) >= 11 is 0. The van der Waals surface area contributed by atoms with Gasteiger partial charge in [-0.15, -0.1) is 0 Å². The van der Waals surface area contributed by atoms with Crippen molar-refractivity contribution < 1.29 is 14.7 Å². The average Bonchev–Trinajstić information content (AvgIpc) is 2.64. The number of nitrogens with one attached hydrogen (secondary N) is 1. The van der Waals surface area contributed by atoms with E-state index >= 15 is 0 Å². The van der Waals surface area contributed by atoms with E-state index in [9.17, 15) is 14.4 Å². The van der Waals surface area contributed by atoms with Crippen LogP contribution in [0.4, 0.5) is 0 Å². The average molecular weight is 355 g/mol. The zero-order valence-corrected chi connectivity index (χ0v) is 14.3. The molecule has 0 unspecified atom stereocenters. The molecule has 1 aromatic carbocycles. The molecule has 7 heteroatoms. The Hall–Kier alpha value is -2.96. The van der Waals surface area contributed by atoms with Crippen molar-refractivity contribution in [1.29, 1.82) is 0 Å². The lowest BCUT2D eigenvalue weighted by Crippen LogP contribution is -2.41. The van der Waals surface area contributed by atoms with Crippen molar-refractivity contribution in [3.8, 4) is 11.3 Å². The van der Waals surface area contributed by atoms with Gasteiger partial charge in [-0.3, -0.25) is 14.4 Å². The smallest absolute Gasteiger partial charge is 0.306 e. The van der Waals surface area contributed by atoms with Gasteiger partial charge in [0.2, 0.25) is 5.91 Å². The summed E-state index contributed by atoms with van der Waals surface area (Å²) in [5.74, 6) is -1.39. The molecule has 1 aliphatic carbocycles. The van der Waals surface area contributed by atoms with Crippen LogP contribution in [0.25, 0.3) is 11.3 Å². The van der Waals surface area contributed by atoms with E-state index in [1.807, 2.05) is 30.3 Å². The van der Waals surface area contributed by atoms with Crippen LogP contribution in [0.2, 0.25) is 0 Å². The van der Waals surface area contributed by atoms with E-state index in [0.717, 1.165) is 10.2 Å². The minimum Gasteiger partial charge on any atom is -0.481 e. The molecule has 0 aliphatic heterocycles. The van der Waals surface area contributed by atoms with Crippen LogP contribution in [-0.4, -0.2) is 32.8 Å². The van der Waals surface area contributed by atoms with Gasteiger partial charge in [-0.05, 0) is 31.7 Å². The van der Waals surface area contributed by atoms with Crippen molar-refractivity contribution in [1.82, 2.24) is 15.1 Å². The molecule has 1 amide bonds. The third kappa shape index (κ3) is 4.36. The Labute approximate surface area is 150 Å². The van der Waals surface area contributed by atoms with E-state index in [-0.39, 0.29) is 30.0 Å². The Bertz CT molecular complexity index is 839. The first kappa shape index (κ1) is 17.8. The Balaban J connectivity index is 1.63. The zero-order chi connectivity index (χ0) is 18.5. The van der Waals surface area contributed by atoms with Crippen molar-refractivity contribution in [3.05, 3.63) is 52.8 Å². The summed E-state index contributed by atoms with van der Waals surface area (Å²) in [7, 11) is 0. The summed E-state index contributed by atoms with van der Waals surface area (Å²) in [6.07, 6.45) is 2.38. The maximum Gasteiger partial charge on any atom is 0.306 e. The molecule has 1 aliphatic rings. The van der Waals surface area contributed by atoms with Gasteiger partial charge in [-0.2, -0.15) is 5.10 Å². The third-order valence-electron chi connectivity index (χ3n) is 4.67. The van der Waals surface area contributed by atoms with Crippen molar-refractivity contribution in [3.63, 3.8) is 0 Å². The lowest BCUT2D eigenvalue weighted by atomic mass is 9.86. The molecule has 2 N–H and O–H groups in total. The van der Waals surface area contributed by atoms with E-state index in [2.05, 4.69) is 10.4 Å². The van der Waals surface area contributed by atoms with E-state index < -0.39 is 5.97 Å². The maximum absolute atomic E-state index is 12.3. The van der Waals surface area contributed by atoms with Crippen molar-refractivity contribution >= 4 is 11.9 Å². The standard InChI is InChI=1S/C19H21N3O4/c23-17(20-15-8-6-14(7-9-15)19(25)26)12-22-18(24)11-10-16(21-22)13-4-2-1-3-5-13/h1-5,10-11,14-15H,6-9,12H2,(H,20,23)(H,25,26). The first-order chi connectivity index (χ1) is 12.5. The van der Waals surface area contributed by atoms with Crippen molar-refractivity contribution in [2.75, 3.05) is 0 Å². The Morgan fingerprint density at radius 3 is 2.42 bits per heavy atom. The molecule has 7 nitrogen and oxygen atoms in total. The number of carbonyl (C=O) groups is 2. The quantitative estimate of drug-likeness (QED) is 0.849. The molecule has 0 radical (unpaired) electrons. The number of carboxylic acid groups (broad SMARTS) is 1. The molecule has 26 heavy (non-hydrogen) atoms. The lowest BCUT2D eigenvalue weighted by molar-refractivity contribution is -0.142. The number of nitrogens with zero attached hydrogens (tertiary/aromatic N) is 2. The summed E-state index contributed by atoms with van der Waals surface area (Å²) in [4.78, 5) is 35.2. The van der Waals surface area contributed by atoms with E-state index in [1.165, 1.54) is 6.07 Å². The Morgan fingerprint density at radius 2 is 1.77 bits per heavy atom. The van der Waals surface area contributed by atoms with Crippen molar-refractivity contribution in [2.45, 2.75) is 38.3 Å². The molecule has 0 spiro atoms. The topological polar surface area (TPSA) is 101 Å². The van der Waals surface area contributed by atoms with Gasteiger partial charge in [-0.1, -0.05) is 30.3 Å². The second-order valence-corrected chi connectivity index (χ2v) is 6.53. The van der Waals surface area contributed by atoms with Crippen LogP contribution in [0.15, 0.2) is 47.3 Å². The van der Waals surface area contributed by atoms with Gasteiger partial charge in [0.05, 0.1) is 11.6 Å². The van der Waals surface area contributed by atoms with Crippen LogP contribution in [0, 0.1) is 5.92 Å². The number of hydrogen-bond acceptors (Lipinski definition) is 4. The van der Waals surface area contributed by atoms with Crippen LogP contribution in [-0.2, 0) is 16.1 Å². The molecule has 1 fully saturated rings. The Morgan fingerprint density at radius 1 is 1.08 bits per heavy atom. The number of hydrogen-bond donors (Lipinski definition) is 2. The minimum atomic E-state index is -0.775. The number of carboxylic acids is 1. The van der Waals surface area contributed by atoms with Gasteiger partial charge in [0.1, 0.15) is 6.54 Å². The van der Waals surface area contributed by atoms with E-state index in [4.69, 9.17) is 5.11 Å². The molecule has 1 aromatic heterocycles. The molecule has 1 heterocycles. The number of rotatable bonds is 5. The summed E-state index contributed by atoms with van der Waals surface area (Å²) in [6.45, 7) is -0.154. The Kier molecular flexibility index (Phi) is 5.46. The largest absolute Gasteiger partial charge is 0.481 e. The fraction of sp³-hybridized carbons (Fsp3) is 0.368. The minimum absolute atomic E-state index is 0.0499. The van der Waals surface area contributed by atoms with Gasteiger partial charge in [0.15, 0.2) is 0 Å². The molecule has 0 saturated heterocycles. The van der Waals surface area contributed by atoms with Gasteiger partial charge in [-0.25, -0.2) is 4.68 Å². The maximum atomic E-state index is 12.3. The fourth-order valence-corrected chi connectivity index (χ4v) is 3.22. The number of aliphatic carboxylic acids is 1. The molecule has 136 valence electrons. The van der Waals surface area contributed by atoms with Gasteiger partial charge >= 0.3 is 5.97 Å². The fourth-order valence-electron chi connectivity index (χ4n) is 3.22. The first-order valence-corrected chi connectivity index (χ1v) is 8.68. The molecule has 0 bridgehead atoms. The number of aromatic nitrogens is 2. The van der Waals surface area contributed by atoms with E-state index in [1.54, 1.807) is 6.07 Å². The number of benzene rings is 1. The number of carbonyl (C=O) groups excluding carboxylic acids is 1. The third-order valence-corrected chi connectivity index (χ3v) is 4.67. The molecule has 2 aromatic rings. The highest BCUT2D eigenvalue weighted by Crippen LogP contribution is 2.24. The van der Waals surface area contributed by atoms with Gasteiger partial charge in [0, 0.05) is 17.7 Å². The molecule has 1 saturated carbocycles.